The van der Waals surface area contributed by atoms with Crippen molar-refractivity contribution in [3.63, 3.8) is 0 Å². The van der Waals surface area contributed by atoms with E-state index >= 15 is 0 Å². The van der Waals surface area contributed by atoms with Crippen LogP contribution in [0.1, 0.15) is 37.7 Å². The van der Waals surface area contributed by atoms with Gasteiger partial charge in [-0.15, -0.1) is 0 Å². The quantitative estimate of drug-likeness (QED) is 0.582. The first-order valence-corrected chi connectivity index (χ1v) is 10.3. The van der Waals surface area contributed by atoms with Crippen LogP contribution in [0.3, 0.4) is 0 Å². The lowest BCUT2D eigenvalue weighted by Gasteiger charge is -2.32. The predicted molar refractivity (Wildman–Crippen MR) is 113 cm³/mol. The zero-order valence-electron chi connectivity index (χ0n) is 17.4. The van der Waals surface area contributed by atoms with E-state index < -0.39 is 12.1 Å². The van der Waals surface area contributed by atoms with Crippen LogP contribution in [0.2, 0.25) is 0 Å². The van der Waals surface area contributed by atoms with E-state index in [1.54, 1.807) is 13.1 Å². The summed E-state index contributed by atoms with van der Waals surface area (Å²) in [5.41, 5.74) is 2.19. The summed E-state index contributed by atoms with van der Waals surface area (Å²) in [5.74, 6) is 0. The van der Waals surface area contributed by atoms with Crippen molar-refractivity contribution in [2.24, 2.45) is 7.05 Å². The van der Waals surface area contributed by atoms with Gasteiger partial charge in [-0.1, -0.05) is 43.5 Å². The topological polar surface area (TPSA) is 120 Å². The molecule has 3 amide bonds. The van der Waals surface area contributed by atoms with Crippen LogP contribution in [0.25, 0.3) is 11.3 Å². The maximum absolute atomic E-state index is 12.7. The van der Waals surface area contributed by atoms with Gasteiger partial charge in [0.05, 0.1) is 5.69 Å². The van der Waals surface area contributed by atoms with Crippen LogP contribution in [0.5, 0.6) is 0 Å². The highest BCUT2D eigenvalue weighted by Gasteiger charge is 2.33. The fourth-order valence-electron chi connectivity index (χ4n) is 3.79. The van der Waals surface area contributed by atoms with Crippen molar-refractivity contribution in [1.82, 2.24) is 19.6 Å². The Hall–Kier alpha value is -3.67. The molecule has 1 fully saturated rings. The molecule has 1 saturated carbocycles. The first kappa shape index (κ1) is 22.0. The molecule has 1 aromatic heterocycles. The second kappa shape index (κ2) is 9.89. The number of urea groups is 1. The van der Waals surface area contributed by atoms with Crippen LogP contribution in [-0.2, 0) is 13.5 Å². The third-order valence-corrected chi connectivity index (χ3v) is 5.54. The number of aryl methyl sites for hydroxylation is 1. The second-order valence-corrected chi connectivity index (χ2v) is 7.61. The number of nitrogens with zero attached hydrogens (tertiary/aromatic N) is 5. The first-order chi connectivity index (χ1) is 14.9. The molecule has 1 N–H and O–H groups in total. The number of imide groups is 1. The number of benzene rings is 1. The fourth-order valence-corrected chi connectivity index (χ4v) is 3.79. The average Bonchev–Trinajstić information content (AvgIpc) is 2.77. The number of carbonyl (C=O) groups is 2. The van der Waals surface area contributed by atoms with E-state index in [4.69, 9.17) is 0 Å². The van der Waals surface area contributed by atoms with Gasteiger partial charge in [-0.3, -0.25) is 4.79 Å². The molecule has 0 spiro atoms. The number of hydrogen-bond acceptors (Lipinski definition) is 5. The van der Waals surface area contributed by atoms with E-state index in [2.05, 4.69) is 5.10 Å². The molecule has 1 heterocycles. The van der Waals surface area contributed by atoms with Crippen molar-refractivity contribution in [2.75, 3.05) is 6.54 Å². The van der Waals surface area contributed by atoms with E-state index in [1.807, 2.05) is 30.5 Å². The van der Waals surface area contributed by atoms with Crippen LogP contribution in [0.15, 0.2) is 41.2 Å². The summed E-state index contributed by atoms with van der Waals surface area (Å²) in [7, 11) is 1.58. The van der Waals surface area contributed by atoms with Crippen LogP contribution < -0.4 is 5.56 Å². The van der Waals surface area contributed by atoms with Gasteiger partial charge in [0.1, 0.15) is 0 Å². The van der Waals surface area contributed by atoms with Gasteiger partial charge in [0, 0.05) is 31.3 Å². The summed E-state index contributed by atoms with van der Waals surface area (Å²) in [6.07, 6.45) is 4.99. The van der Waals surface area contributed by atoms with Gasteiger partial charge in [-0.05, 0) is 30.9 Å². The molecule has 1 aliphatic rings. The number of amides is 3. The Kier molecular flexibility index (Phi) is 7.03. The summed E-state index contributed by atoms with van der Waals surface area (Å²) in [5, 5.41) is 23.2. The SMILES string of the molecule is Cn1nc(-c2ccc(CCN(C#N)C(=O)N(C(=O)O)C3CCCCC3)cc2)ccc1=O. The van der Waals surface area contributed by atoms with Crippen LogP contribution in [0.4, 0.5) is 9.59 Å². The summed E-state index contributed by atoms with van der Waals surface area (Å²) >= 11 is 0. The van der Waals surface area contributed by atoms with Gasteiger partial charge in [-0.25, -0.2) is 24.1 Å². The van der Waals surface area contributed by atoms with Gasteiger partial charge >= 0.3 is 12.1 Å². The van der Waals surface area contributed by atoms with Gasteiger partial charge in [0.2, 0.25) is 0 Å². The van der Waals surface area contributed by atoms with Crippen molar-refractivity contribution < 1.29 is 14.7 Å². The third kappa shape index (κ3) is 5.28. The lowest BCUT2D eigenvalue weighted by molar-refractivity contribution is 0.110. The van der Waals surface area contributed by atoms with Gasteiger partial charge in [-0.2, -0.15) is 10.4 Å². The summed E-state index contributed by atoms with van der Waals surface area (Å²) in [6.45, 7) is 0.0866. The van der Waals surface area contributed by atoms with Crippen molar-refractivity contribution in [2.45, 2.75) is 44.6 Å². The first-order valence-electron chi connectivity index (χ1n) is 10.3. The van der Waals surface area contributed by atoms with Crippen molar-refractivity contribution in [1.29, 1.82) is 5.26 Å². The highest BCUT2D eigenvalue weighted by Crippen LogP contribution is 2.24. The zero-order valence-corrected chi connectivity index (χ0v) is 17.4. The van der Waals surface area contributed by atoms with Crippen molar-refractivity contribution in [3.8, 4) is 17.5 Å². The minimum atomic E-state index is -1.31. The second-order valence-electron chi connectivity index (χ2n) is 7.61. The van der Waals surface area contributed by atoms with Crippen LogP contribution in [0, 0.1) is 11.5 Å². The van der Waals surface area contributed by atoms with Crippen LogP contribution >= 0.6 is 0 Å². The van der Waals surface area contributed by atoms with Gasteiger partial charge in [0.25, 0.3) is 5.56 Å². The molecule has 0 aliphatic heterocycles. The normalized spacial score (nSPS) is 13.9. The minimum absolute atomic E-state index is 0.0866. The summed E-state index contributed by atoms with van der Waals surface area (Å²) in [4.78, 5) is 37.6. The Labute approximate surface area is 180 Å². The molecule has 9 heteroatoms. The molecule has 1 aromatic carbocycles. The molecule has 3 rings (SSSR count). The van der Waals surface area contributed by atoms with E-state index in [1.165, 1.54) is 10.7 Å². The fraction of sp³-hybridized carbons (Fsp3) is 0.409. The lowest BCUT2D eigenvalue weighted by Crippen LogP contribution is -2.50. The number of rotatable bonds is 5. The molecule has 31 heavy (non-hydrogen) atoms. The highest BCUT2D eigenvalue weighted by atomic mass is 16.4. The zero-order chi connectivity index (χ0) is 22.4. The molecule has 0 saturated heterocycles. The Morgan fingerprint density at radius 2 is 1.84 bits per heavy atom. The molecule has 1 aliphatic carbocycles. The Balaban J connectivity index is 1.66. The molecule has 0 radical (unpaired) electrons. The van der Waals surface area contributed by atoms with Crippen molar-refractivity contribution in [3.05, 3.63) is 52.3 Å². The standard InChI is InChI=1S/C22H25N5O4/c1-25-20(28)12-11-19(24-25)17-9-7-16(8-10-17)13-14-26(15-23)21(29)27(22(30)31)18-5-3-2-4-6-18/h7-12,18H,2-6,13-14H2,1H3,(H,30,31). The van der Waals surface area contributed by atoms with Gasteiger partial charge in [0.15, 0.2) is 6.19 Å². The maximum atomic E-state index is 12.7. The summed E-state index contributed by atoms with van der Waals surface area (Å²) in [6, 6.07) is 9.37. The monoisotopic (exact) mass is 423 g/mol. The molecule has 0 unspecified atom stereocenters. The third-order valence-electron chi connectivity index (χ3n) is 5.54. The highest BCUT2D eigenvalue weighted by molar-refractivity contribution is 5.91. The number of hydrogen-bond donors (Lipinski definition) is 1. The van der Waals surface area contributed by atoms with Crippen molar-refractivity contribution >= 4 is 12.1 Å². The number of carboxylic acid groups (broad SMARTS) is 1. The van der Waals surface area contributed by atoms with E-state index in [0.29, 0.717) is 25.0 Å². The lowest BCUT2D eigenvalue weighted by atomic mass is 9.94. The maximum Gasteiger partial charge on any atom is 0.415 e. The molecule has 162 valence electrons. The molecule has 2 aromatic rings. The molecular weight excluding hydrogens is 398 g/mol. The van der Waals surface area contributed by atoms with Crippen LogP contribution in [-0.4, -0.2) is 49.4 Å². The smallest absolute Gasteiger partial charge is 0.415 e. The van der Waals surface area contributed by atoms with E-state index in [9.17, 15) is 24.8 Å². The Bertz CT molecular complexity index is 1040. The molecule has 9 nitrogen and oxygen atoms in total. The number of aromatic nitrogens is 2. The number of carbonyl (C=O) groups excluding carboxylic acids is 1. The average molecular weight is 423 g/mol. The van der Waals surface area contributed by atoms with E-state index in [-0.39, 0.29) is 18.1 Å². The molecular formula is C22H25N5O4. The van der Waals surface area contributed by atoms with Gasteiger partial charge < -0.3 is 5.11 Å². The Morgan fingerprint density at radius 3 is 2.42 bits per heavy atom. The van der Waals surface area contributed by atoms with E-state index in [0.717, 1.165) is 40.2 Å². The number of nitriles is 1. The summed E-state index contributed by atoms with van der Waals surface area (Å²) < 4.78 is 1.26. The molecule has 0 bridgehead atoms. The minimum Gasteiger partial charge on any atom is -0.465 e. The Morgan fingerprint density at radius 1 is 1.16 bits per heavy atom. The largest absolute Gasteiger partial charge is 0.465 e. The predicted octanol–water partition coefficient (Wildman–Crippen LogP) is 3.21. The molecule has 0 atom stereocenters.